The van der Waals surface area contributed by atoms with E-state index in [0.717, 1.165) is 0 Å². The molecule has 0 amide bonds. The van der Waals surface area contributed by atoms with Gasteiger partial charge in [-0.05, 0) is 0 Å². The van der Waals surface area contributed by atoms with Crippen molar-refractivity contribution in [2.45, 2.75) is 0 Å². The summed E-state index contributed by atoms with van der Waals surface area (Å²) in [6.45, 7) is 0. The normalized spacial score (nSPS) is 0. The molecule has 0 aromatic heterocycles. The van der Waals surface area contributed by atoms with E-state index in [1.165, 1.54) is 0 Å². The fourth-order valence-corrected chi connectivity index (χ4v) is 0. The fourth-order valence-electron chi connectivity index (χ4n) is 0. The Morgan fingerprint density at radius 3 is 0.750 bits per heavy atom. The minimum atomic E-state index is 0. The molecule has 0 unspecified atom stereocenters. The zero-order valence-electron chi connectivity index (χ0n) is 2.12. The van der Waals surface area contributed by atoms with Gasteiger partial charge in [-0.25, -0.2) is 0 Å². The minimum Gasteiger partial charge on any atom is 2.00 e. The van der Waals surface area contributed by atoms with E-state index in [4.69, 9.17) is 0 Å². The second-order valence-corrected chi connectivity index (χ2v) is 0. The molecule has 0 atom stereocenters. The summed E-state index contributed by atoms with van der Waals surface area (Å²) in [5, 5.41) is 0. The molecule has 0 aliphatic rings. The van der Waals surface area contributed by atoms with Crippen molar-refractivity contribution in [3.05, 3.63) is 0 Å². The van der Waals surface area contributed by atoms with Crippen molar-refractivity contribution in [2.75, 3.05) is 0 Å². The van der Waals surface area contributed by atoms with Gasteiger partial charge in [0.05, 0.1) is 0 Å². The van der Waals surface area contributed by atoms with Gasteiger partial charge in [0.2, 0.25) is 0 Å². The summed E-state index contributed by atoms with van der Waals surface area (Å²) >= 11 is 0. The monoisotopic (exact) mass is 308 g/mol. The Bertz CT molecular complexity index is 3.25. The molecule has 0 rings (SSSR count). The van der Waals surface area contributed by atoms with E-state index in [2.05, 4.69) is 0 Å². The van der Waals surface area contributed by atoms with Gasteiger partial charge in [-0.15, -0.1) is 0 Å². The summed E-state index contributed by atoms with van der Waals surface area (Å²) in [6, 6.07) is 0. The molecule has 24 valence electrons. The number of hydrogen-bond donors (Lipinski definition) is 0. The molecule has 0 fully saturated rings. The van der Waals surface area contributed by atoms with E-state index in [-0.39, 0.29) is 70.7 Å². The minimum absolute atomic E-state index is 0. The SMILES string of the molecule is [Se-2].[SeH2].[SeH2].[Zn+2]. The van der Waals surface area contributed by atoms with Gasteiger partial charge in [-0.1, -0.05) is 0 Å². The van der Waals surface area contributed by atoms with Gasteiger partial charge in [0.1, 0.15) is 0 Å². The van der Waals surface area contributed by atoms with Crippen molar-refractivity contribution in [3.8, 4) is 0 Å². The Balaban J connectivity index is 0. The predicted molar refractivity (Wildman–Crippen MR) is 22.8 cm³/mol. The molecule has 4 heavy (non-hydrogen) atoms. The van der Waals surface area contributed by atoms with Crippen LogP contribution in [0, 0.1) is 0 Å². The van der Waals surface area contributed by atoms with Crippen LogP contribution in [-0.2, 0) is 19.5 Å². The summed E-state index contributed by atoms with van der Waals surface area (Å²) in [5.74, 6) is 0. The zero-order chi connectivity index (χ0) is 0. The number of rotatable bonds is 0. The maximum atomic E-state index is 0. The van der Waals surface area contributed by atoms with Gasteiger partial charge in [-0.3, -0.25) is 0 Å². The van der Waals surface area contributed by atoms with E-state index < -0.39 is 0 Å². The third-order valence-electron chi connectivity index (χ3n) is 0. The third-order valence-corrected chi connectivity index (χ3v) is 0. The van der Waals surface area contributed by atoms with Crippen molar-refractivity contribution in [1.29, 1.82) is 0 Å². The van der Waals surface area contributed by atoms with Gasteiger partial charge in [0.15, 0.2) is 0 Å². The van der Waals surface area contributed by atoms with Gasteiger partial charge in [0.25, 0.3) is 0 Å². The summed E-state index contributed by atoms with van der Waals surface area (Å²) in [7, 11) is 0. The van der Waals surface area contributed by atoms with Crippen molar-refractivity contribution < 1.29 is 19.5 Å². The molecule has 0 aromatic carbocycles. The molecular weight excluding hydrogens is 302 g/mol. The molecule has 0 aliphatic heterocycles. The molecule has 0 spiro atoms. The van der Waals surface area contributed by atoms with Crippen LogP contribution in [0.4, 0.5) is 0 Å². The zero-order valence-corrected chi connectivity index (χ0v) is 11.0. The first-order valence-corrected chi connectivity index (χ1v) is 0. The summed E-state index contributed by atoms with van der Waals surface area (Å²) in [5.41, 5.74) is 0. The van der Waals surface area contributed by atoms with Crippen molar-refractivity contribution in [3.63, 3.8) is 0 Å². The van der Waals surface area contributed by atoms with Crippen LogP contribution in [0.2, 0.25) is 0 Å². The average Bonchev–Trinajstić information content (AvgIpc) is 0. The molecule has 0 aliphatic carbocycles. The van der Waals surface area contributed by atoms with Crippen LogP contribution in [0.5, 0.6) is 0 Å². The molecule has 0 heterocycles. The molecule has 4 heteroatoms. The second-order valence-electron chi connectivity index (χ2n) is 0. The summed E-state index contributed by atoms with van der Waals surface area (Å²) in [6.07, 6.45) is 0. The van der Waals surface area contributed by atoms with Crippen molar-refractivity contribution in [1.82, 2.24) is 0 Å². The molecule has 0 saturated heterocycles. The molecule has 0 radical (unpaired) electrons. The Morgan fingerprint density at radius 1 is 0.750 bits per heavy atom. The smallest absolute Gasteiger partial charge is 2.00 e. The van der Waals surface area contributed by atoms with Crippen molar-refractivity contribution >= 4 is 51.2 Å². The van der Waals surface area contributed by atoms with E-state index in [9.17, 15) is 0 Å². The first kappa shape index (κ1) is 34.9. The summed E-state index contributed by atoms with van der Waals surface area (Å²) < 4.78 is 0. The van der Waals surface area contributed by atoms with Crippen LogP contribution in [0.3, 0.4) is 0 Å². The maximum Gasteiger partial charge on any atom is 2.00 e. The summed E-state index contributed by atoms with van der Waals surface area (Å²) in [4.78, 5) is 0. The molecular formula is H4Se3Zn. The Kier molecular flexibility index (Phi) is 166. The molecule has 0 nitrogen and oxygen atoms in total. The van der Waals surface area contributed by atoms with E-state index in [1.807, 2.05) is 0 Å². The third kappa shape index (κ3) is 8.89. The quantitative estimate of drug-likeness (QED) is 0.445. The second kappa shape index (κ2) is 19.0. The van der Waals surface area contributed by atoms with Crippen LogP contribution in [0.25, 0.3) is 0 Å². The molecule has 0 bridgehead atoms. The maximum absolute atomic E-state index is 0. The van der Waals surface area contributed by atoms with Crippen LogP contribution in [0.15, 0.2) is 0 Å². The van der Waals surface area contributed by atoms with E-state index >= 15 is 0 Å². The van der Waals surface area contributed by atoms with Crippen molar-refractivity contribution in [2.24, 2.45) is 0 Å². The largest absolute Gasteiger partial charge is 2.00 e. The van der Waals surface area contributed by atoms with Crippen LogP contribution in [0.1, 0.15) is 0 Å². The van der Waals surface area contributed by atoms with Gasteiger partial charge < -0.3 is 17.1 Å². The van der Waals surface area contributed by atoms with Gasteiger partial charge in [0, 0.05) is 0 Å². The topological polar surface area (TPSA) is 0 Å². The molecule has 0 aromatic rings. The Hall–Kier alpha value is 2.18. The van der Waals surface area contributed by atoms with Crippen LogP contribution in [-0.4, -0.2) is 51.2 Å². The predicted octanol–water partition coefficient (Wildman–Crippen LogP) is -2.22. The first-order chi connectivity index (χ1) is 0. The Morgan fingerprint density at radius 2 is 0.750 bits per heavy atom. The van der Waals surface area contributed by atoms with Gasteiger partial charge >= 0.3 is 53.6 Å². The van der Waals surface area contributed by atoms with Crippen LogP contribution < -0.4 is 0 Å². The molecule has 0 N–H and O–H groups in total. The van der Waals surface area contributed by atoms with E-state index in [1.54, 1.807) is 0 Å². The van der Waals surface area contributed by atoms with Crippen LogP contribution >= 0.6 is 0 Å². The van der Waals surface area contributed by atoms with E-state index in [0.29, 0.717) is 0 Å². The number of hydrogen-bond acceptors (Lipinski definition) is 0. The Labute approximate surface area is 70.0 Å². The fraction of sp³-hybridized carbons (Fsp3) is 0. The first-order valence-electron chi connectivity index (χ1n) is 0. The average molecular weight is 306 g/mol. The van der Waals surface area contributed by atoms with Gasteiger partial charge in [-0.2, -0.15) is 0 Å². The standard InChI is InChI=1S/2H2Se.Se.Zn/h2*1H2;;/q;;-2;+2. The molecule has 0 saturated carbocycles.